The Hall–Kier alpha value is -2.33. The first kappa shape index (κ1) is 19.4. The summed E-state index contributed by atoms with van der Waals surface area (Å²) in [5.41, 5.74) is 2.57. The molecule has 2 aromatic rings. The first-order valence-electron chi connectivity index (χ1n) is 9.94. The Bertz CT molecular complexity index is 692. The zero-order chi connectivity index (χ0) is 18.9. The number of benzene rings is 2. The van der Waals surface area contributed by atoms with Crippen molar-refractivity contribution in [1.29, 1.82) is 0 Å². The van der Waals surface area contributed by atoms with Crippen LogP contribution >= 0.6 is 0 Å². The molecule has 4 heteroatoms. The maximum absolute atomic E-state index is 12.2. The third-order valence-electron chi connectivity index (χ3n) is 5.04. The molecule has 1 N–H and O–H groups in total. The SMILES string of the molecule is Cc1ccc(OCCCC(=O)NC2CCN(Cc3ccccc3)CC2)cc1. The number of ether oxygens (including phenoxy) is 1. The molecule has 1 aliphatic rings. The van der Waals surface area contributed by atoms with Crippen LogP contribution in [0.2, 0.25) is 0 Å². The third-order valence-corrected chi connectivity index (χ3v) is 5.04. The standard InChI is InChI=1S/C23H30N2O2/c1-19-9-11-22(12-10-19)27-17-5-8-23(26)24-21-13-15-25(16-14-21)18-20-6-3-2-4-7-20/h2-4,6-7,9-12,21H,5,8,13-18H2,1H3,(H,24,26). The van der Waals surface area contributed by atoms with Crippen LogP contribution in [0.4, 0.5) is 0 Å². The van der Waals surface area contributed by atoms with E-state index in [2.05, 4.69) is 47.5 Å². The summed E-state index contributed by atoms with van der Waals surface area (Å²) < 4.78 is 5.69. The molecule has 1 saturated heterocycles. The van der Waals surface area contributed by atoms with Crippen molar-refractivity contribution < 1.29 is 9.53 Å². The van der Waals surface area contributed by atoms with Crippen molar-refractivity contribution >= 4 is 5.91 Å². The van der Waals surface area contributed by atoms with Crippen LogP contribution < -0.4 is 10.1 Å². The van der Waals surface area contributed by atoms with Crippen molar-refractivity contribution in [3.8, 4) is 5.75 Å². The maximum Gasteiger partial charge on any atom is 0.220 e. The minimum atomic E-state index is 0.143. The highest BCUT2D eigenvalue weighted by Crippen LogP contribution is 2.14. The summed E-state index contributed by atoms with van der Waals surface area (Å²) in [5, 5.41) is 3.19. The van der Waals surface area contributed by atoms with Crippen molar-refractivity contribution in [2.45, 2.75) is 45.2 Å². The largest absolute Gasteiger partial charge is 0.494 e. The Morgan fingerprint density at radius 3 is 2.48 bits per heavy atom. The van der Waals surface area contributed by atoms with Gasteiger partial charge >= 0.3 is 0 Å². The average molecular weight is 367 g/mol. The number of hydrogen-bond donors (Lipinski definition) is 1. The van der Waals surface area contributed by atoms with Gasteiger partial charge in [-0.25, -0.2) is 0 Å². The number of amides is 1. The van der Waals surface area contributed by atoms with Crippen LogP contribution in [0.25, 0.3) is 0 Å². The van der Waals surface area contributed by atoms with Crippen LogP contribution in [0.3, 0.4) is 0 Å². The molecular formula is C23H30N2O2. The van der Waals surface area contributed by atoms with Gasteiger partial charge in [-0.1, -0.05) is 48.0 Å². The van der Waals surface area contributed by atoms with Gasteiger partial charge in [0.2, 0.25) is 5.91 Å². The molecule has 27 heavy (non-hydrogen) atoms. The van der Waals surface area contributed by atoms with Crippen molar-refractivity contribution in [3.05, 3.63) is 65.7 Å². The third kappa shape index (κ3) is 6.72. The number of likely N-dealkylation sites (tertiary alicyclic amines) is 1. The second-order valence-electron chi connectivity index (χ2n) is 7.37. The van der Waals surface area contributed by atoms with E-state index >= 15 is 0 Å². The normalized spacial score (nSPS) is 15.4. The van der Waals surface area contributed by atoms with E-state index in [1.165, 1.54) is 11.1 Å². The molecule has 3 rings (SSSR count). The van der Waals surface area contributed by atoms with Gasteiger partial charge in [0.15, 0.2) is 0 Å². The van der Waals surface area contributed by atoms with E-state index in [4.69, 9.17) is 4.74 Å². The van der Waals surface area contributed by atoms with Crippen LogP contribution in [-0.4, -0.2) is 36.5 Å². The van der Waals surface area contributed by atoms with Crippen LogP contribution in [-0.2, 0) is 11.3 Å². The van der Waals surface area contributed by atoms with E-state index in [0.29, 0.717) is 19.1 Å². The summed E-state index contributed by atoms with van der Waals surface area (Å²) in [5.74, 6) is 1.01. The smallest absolute Gasteiger partial charge is 0.220 e. The molecule has 0 aromatic heterocycles. The number of rotatable bonds is 8. The number of carbonyl (C=O) groups is 1. The zero-order valence-electron chi connectivity index (χ0n) is 16.2. The number of hydrogen-bond acceptors (Lipinski definition) is 3. The molecule has 0 bridgehead atoms. The fraction of sp³-hybridized carbons (Fsp3) is 0.435. The number of aryl methyl sites for hydroxylation is 1. The fourth-order valence-electron chi connectivity index (χ4n) is 3.43. The van der Waals surface area contributed by atoms with Crippen molar-refractivity contribution in [2.24, 2.45) is 0 Å². The highest BCUT2D eigenvalue weighted by atomic mass is 16.5. The Morgan fingerprint density at radius 2 is 1.78 bits per heavy atom. The van der Waals surface area contributed by atoms with Crippen molar-refractivity contribution in [3.63, 3.8) is 0 Å². The molecule has 1 fully saturated rings. The van der Waals surface area contributed by atoms with Gasteiger partial charge in [-0.15, -0.1) is 0 Å². The van der Waals surface area contributed by atoms with E-state index in [1.807, 2.05) is 24.3 Å². The Kier molecular flexibility index (Phi) is 7.28. The molecule has 1 amide bonds. The van der Waals surface area contributed by atoms with Gasteiger partial charge in [-0.05, 0) is 43.9 Å². The number of nitrogens with zero attached hydrogens (tertiary/aromatic N) is 1. The molecule has 4 nitrogen and oxygen atoms in total. The molecule has 0 atom stereocenters. The fourth-order valence-corrected chi connectivity index (χ4v) is 3.43. The molecule has 0 aliphatic carbocycles. The van der Waals surface area contributed by atoms with Gasteiger partial charge in [0.05, 0.1) is 6.61 Å². The average Bonchev–Trinajstić information content (AvgIpc) is 2.69. The molecule has 2 aromatic carbocycles. The molecule has 0 spiro atoms. The highest BCUT2D eigenvalue weighted by Gasteiger charge is 2.20. The minimum absolute atomic E-state index is 0.143. The minimum Gasteiger partial charge on any atom is -0.494 e. The molecular weight excluding hydrogens is 336 g/mol. The van der Waals surface area contributed by atoms with Crippen molar-refractivity contribution in [2.75, 3.05) is 19.7 Å². The molecule has 144 valence electrons. The maximum atomic E-state index is 12.2. The van der Waals surface area contributed by atoms with Crippen LogP contribution in [0.15, 0.2) is 54.6 Å². The monoisotopic (exact) mass is 366 g/mol. The van der Waals surface area contributed by atoms with Gasteiger partial charge in [0.25, 0.3) is 0 Å². The molecule has 1 aliphatic heterocycles. The highest BCUT2D eigenvalue weighted by molar-refractivity contribution is 5.76. The van der Waals surface area contributed by atoms with Gasteiger partial charge in [0, 0.05) is 32.1 Å². The molecule has 0 radical (unpaired) electrons. The molecule has 0 saturated carbocycles. The Labute approximate surface area is 162 Å². The lowest BCUT2D eigenvalue weighted by Gasteiger charge is -2.32. The summed E-state index contributed by atoms with van der Waals surface area (Å²) in [6.07, 6.45) is 3.32. The van der Waals surface area contributed by atoms with Gasteiger partial charge in [-0.2, -0.15) is 0 Å². The van der Waals surface area contributed by atoms with Crippen LogP contribution in [0.5, 0.6) is 5.75 Å². The number of carbonyl (C=O) groups excluding carboxylic acids is 1. The van der Waals surface area contributed by atoms with Crippen LogP contribution in [0, 0.1) is 6.92 Å². The lowest BCUT2D eigenvalue weighted by atomic mass is 10.0. The van der Waals surface area contributed by atoms with E-state index in [9.17, 15) is 4.79 Å². The Balaban J connectivity index is 1.28. The predicted octanol–water partition coefficient (Wildman–Crippen LogP) is 3.93. The number of nitrogens with one attached hydrogen (secondary N) is 1. The molecule has 0 unspecified atom stereocenters. The second kappa shape index (κ2) is 10.1. The Morgan fingerprint density at radius 1 is 1.07 bits per heavy atom. The second-order valence-corrected chi connectivity index (χ2v) is 7.37. The number of piperidine rings is 1. The summed E-state index contributed by atoms with van der Waals surface area (Å²) in [7, 11) is 0. The first-order chi connectivity index (χ1) is 13.2. The van der Waals surface area contributed by atoms with Gasteiger partial charge in [0.1, 0.15) is 5.75 Å². The summed E-state index contributed by atoms with van der Waals surface area (Å²) in [6, 6.07) is 18.9. The van der Waals surface area contributed by atoms with E-state index < -0.39 is 0 Å². The first-order valence-corrected chi connectivity index (χ1v) is 9.94. The van der Waals surface area contributed by atoms with Crippen molar-refractivity contribution in [1.82, 2.24) is 10.2 Å². The summed E-state index contributed by atoms with van der Waals surface area (Å²) in [4.78, 5) is 14.6. The van der Waals surface area contributed by atoms with Gasteiger partial charge in [-0.3, -0.25) is 9.69 Å². The lowest BCUT2D eigenvalue weighted by Crippen LogP contribution is -2.44. The lowest BCUT2D eigenvalue weighted by molar-refractivity contribution is -0.122. The van der Waals surface area contributed by atoms with E-state index in [0.717, 1.165) is 44.6 Å². The van der Waals surface area contributed by atoms with E-state index in [-0.39, 0.29) is 5.91 Å². The zero-order valence-corrected chi connectivity index (χ0v) is 16.2. The van der Waals surface area contributed by atoms with Gasteiger partial charge < -0.3 is 10.1 Å². The quantitative estimate of drug-likeness (QED) is 0.720. The summed E-state index contributed by atoms with van der Waals surface area (Å²) in [6.45, 7) is 5.71. The van der Waals surface area contributed by atoms with Crippen LogP contribution in [0.1, 0.15) is 36.8 Å². The van der Waals surface area contributed by atoms with E-state index in [1.54, 1.807) is 0 Å². The molecule has 1 heterocycles. The topological polar surface area (TPSA) is 41.6 Å². The predicted molar refractivity (Wildman–Crippen MR) is 109 cm³/mol. The summed E-state index contributed by atoms with van der Waals surface area (Å²) >= 11 is 0.